The zero-order chi connectivity index (χ0) is 18.2. The summed E-state index contributed by atoms with van der Waals surface area (Å²) in [5, 5.41) is 7.08. The van der Waals surface area contributed by atoms with Crippen LogP contribution in [-0.4, -0.2) is 24.5 Å². The number of carbonyl (C=O) groups is 1. The number of hydrogen-bond acceptors (Lipinski definition) is 4. The van der Waals surface area contributed by atoms with Gasteiger partial charge < -0.3 is 20.6 Å². The van der Waals surface area contributed by atoms with E-state index < -0.39 is 6.10 Å². The van der Waals surface area contributed by atoms with Crippen molar-refractivity contribution in [3.63, 3.8) is 0 Å². The number of nitrogens with one attached hydrogen (secondary N) is 1. The number of carbonyl (C=O) groups excluding carboxylic acids is 1. The molecule has 0 heterocycles. The molecule has 2 aromatic rings. The molecule has 1 unspecified atom stereocenters. The Hall–Kier alpha value is -2.73. The highest BCUT2D eigenvalue weighted by molar-refractivity contribution is 6.31. The average molecular weight is 362 g/mol. The van der Waals surface area contributed by atoms with Gasteiger partial charge in [-0.15, -0.1) is 0 Å². The lowest BCUT2D eigenvalue weighted by Gasteiger charge is -2.14. The molecule has 0 saturated carbocycles. The fourth-order valence-corrected chi connectivity index (χ4v) is 2.16. The molecule has 1 amide bonds. The number of amidine groups is 1. The van der Waals surface area contributed by atoms with Gasteiger partial charge in [0.1, 0.15) is 5.75 Å². The van der Waals surface area contributed by atoms with Crippen LogP contribution in [0.1, 0.15) is 19.4 Å². The van der Waals surface area contributed by atoms with Crippen molar-refractivity contribution in [3.05, 3.63) is 59.1 Å². The van der Waals surface area contributed by atoms with Gasteiger partial charge in [-0.05, 0) is 38.1 Å². The van der Waals surface area contributed by atoms with Crippen molar-refractivity contribution in [3.8, 4) is 5.75 Å². The number of anilines is 1. The Bertz CT molecular complexity index is 765. The number of amides is 1. The van der Waals surface area contributed by atoms with Crippen LogP contribution >= 0.6 is 11.6 Å². The lowest BCUT2D eigenvalue weighted by atomic mass is 10.2. The van der Waals surface area contributed by atoms with Gasteiger partial charge in [-0.2, -0.15) is 0 Å². The van der Waals surface area contributed by atoms with E-state index >= 15 is 0 Å². The van der Waals surface area contributed by atoms with Crippen LogP contribution in [0.2, 0.25) is 5.02 Å². The Kier molecular flexibility index (Phi) is 6.65. The first kappa shape index (κ1) is 18.6. The third kappa shape index (κ3) is 5.39. The molecular weight excluding hydrogens is 342 g/mol. The van der Waals surface area contributed by atoms with E-state index in [1.54, 1.807) is 49.4 Å². The second-order valence-corrected chi connectivity index (χ2v) is 5.59. The van der Waals surface area contributed by atoms with Gasteiger partial charge in [0.15, 0.2) is 5.84 Å². The van der Waals surface area contributed by atoms with Crippen molar-refractivity contribution >= 4 is 29.0 Å². The number of para-hydroxylation sites is 2. The highest BCUT2D eigenvalue weighted by Gasteiger charge is 2.16. The summed E-state index contributed by atoms with van der Waals surface area (Å²) < 4.78 is 5.47. The Morgan fingerprint density at radius 2 is 2.04 bits per heavy atom. The van der Waals surface area contributed by atoms with E-state index in [0.29, 0.717) is 28.6 Å². The molecule has 132 valence electrons. The van der Waals surface area contributed by atoms with Gasteiger partial charge >= 0.3 is 0 Å². The van der Waals surface area contributed by atoms with Crippen LogP contribution in [0.25, 0.3) is 0 Å². The topological polar surface area (TPSA) is 85.9 Å². The van der Waals surface area contributed by atoms with Crippen LogP contribution in [0.15, 0.2) is 53.7 Å². The lowest BCUT2D eigenvalue weighted by Crippen LogP contribution is -2.27. The van der Waals surface area contributed by atoms with E-state index in [4.69, 9.17) is 26.9 Å². The van der Waals surface area contributed by atoms with Crippen LogP contribution in [0.5, 0.6) is 5.75 Å². The second-order valence-electron chi connectivity index (χ2n) is 5.15. The average Bonchev–Trinajstić information content (AvgIpc) is 2.61. The molecule has 0 aliphatic rings. The zero-order valence-electron chi connectivity index (χ0n) is 14.0. The highest BCUT2D eigenvalue weighted by Crippen LogP contribution is 2.23. The number of benzene rings is 2. The van der Waals surface area contributed by atoms with Crippen molar-refractivity contribution in [1.29, 1.82) is 0 Å². The van der Waals surface area contributed by atoms with Gasteiger partial charge in [-0.3, -0.25) is 4.79 Å². The minimum atomic E-state index is -0.840. The third-order valence-electron chi connectivity index (χ3n) is 3.24. The van der Waals surface area contributed by atoms with Gasteiger partial charge in [-0.25, -0.2) is 0 Å². The molecule has 3 N–H and O–H groups in total. The number of rotatable bonds is 7. The summed E-state index contributed by atoms with van der Waals surface area (Å²) in [7, 11) is 0. The van der Waals surface area contributed by atoms with Crippen molar-refractivity contribution in [2.24, 2.45) is 10.9 Å². The van der Waals surface area contributed by atoms with Crippen LogP contribution in [0, 0.1) is 0 Å². The maximum atomic E-state index is 12.2. The molecule has 0 saturated heterocycles. The lowest BCUT2D eigenvalue weighted by molar-refractivity contribution is -0.126. The van der Waals surface area contributed by atoms with Crippen LogP contribution in [-0.2, 0) is 9.63 Å². The minimum absolute atomic E-state index is 0.136. The third-order valence-corrected chi connectivity index (χ3v) is 3.48. The molecule has 0 fully saturated rings. The zero-order valence-corrected chi connectivity index (χ0v) is 14.8. The molecule has 25 heavy (non-hydrogen) atoms. The molecule has 2 rings (SSSR count). The maximum absolute atomic E-state index is 12.2. The first-order valence-electron chi connectivity index (χ1n) is 7.79. The highest BCUT2D eigenvalue weighted by atomic mass is 35.5. The standard InChI is InChI=1S/C18H20ClN3O3/c1-3-24-16-10-5-4-9-15(16)21-18(23)12(2)25-22-17(20)13-7-6-8-14(19)11-13/h4-12H,3H2,1-2H3,(H2,20,22)(H,21,23). The maximum Gasteiger partial charge on any atom is 0.268 e. The van der Waals surface area contributed by atoms with Gasteiger partial charge in [0.05, 0.1) is 12.3 Å². The number of nitrogens with zero attached hydrogens (tertiary/aromatic N) is 1. The molecule has 0 aliphatic carbocycles. The van der Waals surface area contributed by atoms with Crippen molar-refractivity contribution < 1.29 is 14.4 Å². The molecule has 0 radical (unpaired) electrons. The van der Waals surface area contributed by atoms with Crippen molar-refractivity contribution in [2.45, 2.75) is 20.0 Å². The number of hydrogen-bond donors (Lipinski definition) is 2. The summed E-state index contributed by atoms with van der Waals surface area (Å²) >= 11 is 5.91. The van der Waals surface area contributed by atoms with Gasteiger partial charge in [0.25, 0.3) is 5.91 Å². The fourth-order valence-electron chi connectivity index (χ4n) is 1.97. The van der Waals surface area contributed by atoms with Gasteiger partial charge in [-0.1, -0.05) is 41.0 Å². The van der Waals surface area contributed by atoms with E-state index in [9.17, 15) is 4.79 Å². The Labute approximate surface area is 151 Å². The second kappa shape index (κ2) is 8.94. The largest absolute Gasteiger partial charge is 0.492 e. The molecule has 7 heteroatoms. The first-order valence-corrected chi connectivity index (χ1v) is 8.17. The number of oxime groups is 1. The van der Waals surface area contributed by atoms with Gasteiger partial charge in [0, 0.05) is 10.6 Å². The Morgan fingerprint density at radius 1 is 1.28 bits per heavy atom. The first-order chi connectivity index (χ1) is 12.0. The van der Waals surface area contributed by atoms with Crippen molar-refractivity contribution in [2.75, 3.05) is 11.9 Å². The molecule has 0 bridgehead atoms. The van der Waals surface area contributed by atoms with E-state index in [1.807, 2.05) is 13.0 Å². The summed E-state index contributed by atoms with van der Waals surface area (Å²) in [4.78, 5) is 17.4. The van der Waals surface area contributed by atoms with Crippen LogP contribution < -0.4 is 15.8 Å². The molecule has 0 aromatic heterocycles. The van der Waals surface area contributed by atoms with Gasteiger partial charge in [0.2, 0.25) is 6.10 Å². The predicted octanol–water partition coefficient (Wildman–Crippen LogP) is 3.40. The monoisotopic (exact) mass is 361 g/mol. The molecule has 0 aliphatic heterocycles. The fraction of sp³-hybridized carbons (Fsp3) is 0.222. The minimum Gasteiger partial charge on any atom is -0.492 e. The summed E-state index contributed by atoms with van der Waals surface area (Å²) in [6, 6.07) is 14.0. The van der Waals surface area contributed by atoms with Crippen molar-refractivity contribution in [1.82, 2.24) is 0 Å². The molecule has 2 aromatic carbocycles. The van der Waals surface area contributed by atoms with E-state index in [-0.39, 0.29) is 11.7 Å². The summed E-state index contributed by atoms with van der Waals surface area (Å²) in [6.45, 7) is 3.95. The smallest absolute Gasteiger partial charge is 0.268 e. The Morgan fingerprint density at radius 3 is 2.76 bits per heavy atom. The summed E-state index contributed by atoms with van der Waals surface area (Å²) in [5.74, 6) is 0.360. The Balaban J connectivity index is 2.00. The molecular formula is C18H20ClN3O3. The predicted molar refractivity (Wildman–Crippen MR) is 99.0 cm³/mol. The SMILES string of the molecule is CCOc1ccccc1NC(=O)C(C)O/N=C(\N)c1cccc(Cl)c1. The van der Waals surface area contributed by atoms with E-state index in [0.717, 1.165) is 0 Å². The van der Waals surface area contributed by atoms with Crippen LogP contribution in [0.4, 0.5) is 5.69 Å². The van der Waals surface area contributed by atoms with E-state index in [2.05, 4.69) is 10.5 Å². The molecule has 0 spiro atoms. The summed E-state index contributed by atoms with van der Waals surface area (Å²) in [5.41, 5.74) is 7.02. The normalized spacial score (nSPS) is 12.4. The van der Waals surface area contributed by atoms with E-state index in [1.165, 1.54) is 0 Å². The molecule has 1 atom stereocenters. The number of halogens is 1. The summed E-state index contributed by atoms with van der Waals surface area (Å²) in [6.07, 6.45) is -0.840. The number of ether oxygens (including phenoxy) is 1. The van der Waals surface area contributed by atoms with Crippen LogP contribution in [0.3, 0.4) is 0 Å². The molecule has 6 nitrogen and oxygen atoms in total. The quantitative estimate of drug-likeness (QED) is 0.449. The number of nitrogens with two attached hydrogens (primary N) is 1.